The molecule has 2 aromatic rings. The summed E-state index contributed by atoms with van der Waals surface area (Å²) in [5.74, 6) is 0.320. The number of hydrogen-bond acceptors (Lipinski definition) is 5. The number of aryl methyl sites for hydroxylation is 1. The fourth-order valence-corrected chi connectivity index (χ4v) is 3.29. The molecule has 0 aromatic heterocycles. The van der Waals surface area contributed by atoms with Gasteiger partial charge in [0.1, 0.15) is 11.5 Å². The molecule has 0 unspecified atom stereocenters. The maximum absolute atomic E-state index is 12.5. The van der Waals surface area contributed by atoms with Crippen LogP contribution in [0, 0.1) is 0 Å². The van der Waals surface area contributed by atoms with Crippen molar-refractivity contribution in [3.63, 3.8) is 0 Å². The smallest absolute Gasteiger partial charge is 0.344 e. The van der Waals surface area contributed by atoms with Gasteiger partial charge in [-0.1, -0.05) is 24.3 Å². The molecule has 0 fully saturated rings. The Balaban J connectivity index is 1.48. The molecular formula is C22H25NO5. The number of esters is 1. The Morgan fingerprint density at radius 2 is 1.82 bits per heavy atom. The van der Waals surface area contributed by atoms with E-state index in [0.717, 1.165) is 24.8 Å². The van der Waals surface area contributed by atoms with Gasteiger partial charge in [-0.25, -0.2) is 4.79 Å². The van der Waals surface area contributed by atoms with Gasteiger partial charge in [0.2, 0.25) is 0 Å². The van der Waals surface area contributed by atoms with E-state index in [1.54, 1.807) is 38.3 Å². The Hall–Kier alpha value is -3.02. The summed E-state index contributed by atoms with van der Waals surface area (Å²) in [6, 6.07) is 14.9. The lowest BCUT2D eigenvalue weighted by atomic mass is 9.87. The number of carbonyl (C=O) groups excluding carboxylic acids is 2. The number of rotatable bonds is 7. The van der Waals surface area contributed by atoms with Crippen LogP contribution in [0.15, 0.2) is 48.5 Å². The highest BCUT2D eigenvalue weighted by atomic mass is 16.6. The zero-order chi connectivity index (χ0) is 19.9. The topological polar surface area (TPSA) is 73.9 Å². The van der Waals surface area contributed by atoms with Crippen LogP contribution in [0.4, 0.5) is 0 Å². The van der Waals surface area contributed by atoms with Crippen molar-refractivity contribution in [1.29, 1.82) is 0 Å². The largest absolute Gasteiger partial charge is 0.497 e. The summed E-state index contributed by atoms with van der Waals surface area (Å²) >= 11 is 0. The van der Waals surface area contributed by atoms with Crippen molar-refractivity contribution in [3.8, 4) is 11.5 Å². The van der Waals surface area contributed by atoms with Gasteiger partial charge in [0.25, 0.3) is 5.91 Å². The normalized spacial score (nSPS) is 16.4. The number of ether oxygens (including phenoxy) is 3. The number of fused-ring (bicyclic) bond motifs is 1. The van der Waals surface area contributed by atoms with Crippen LogP contribution in [0.2, 0.25) is 0 Å². The van der Waals surface area contributed by atoms with Crippen molar-refractivity contribution >= 4 is 11.9 Å². The van der Waals surface area contributed by atoms with Crippen LogP contribution in [0.25, 0.3) is 0 Å². The molecule has 0 saturated carbocycles. The quantitative estimate of drug-likeness (QED) is 0.744. The van der Waals surface area contributed by atoms with E-state index in [0.29, 0.717) is 11.5 Å². The lowest BCUT2D eigenvalue weighted by molar-refractivity contribution is -0.156. The summed E-state index contributed by atoms with van der Waals surface area (Å²) in [6.07, 6.45) is 2.03. The maximum atomic E-state index is 12.5. The molecule has 0 radical (unpaired) electrons. The minimum absolute atomic E-state index is 0.0471. The van der Waals surface area contributed by atoms with E-state index in [4.69, 9.17) is 14.2 Å². The molecule has 2 aromatic carbocycles. The molecule has 1 aliphatic carbocycles. The minimum Gasteiger partial charge on any atom is -0.497 e. The lowest BCUT2D eigenvalue weighted by Crippen LogP contribution is -2.39. The Kier molecular flexibility index (Phi) is 6.53. The zero-order valence-corrected chi connectivity index (χ0v) is 16.1. The highest BCUT2D eigenvalue weighted by molar-refractivity contribution is 5.84. The molecule has 2 atom stereocenters. The molecule has 6 nitrogen and oxygen atoms in total. The van der Waals surface area contributed by atoms with Crippen molar-refractivity contribution < 1.29 is 23.8 Å². The van der Waals surface area contributed by atoms with Crippen LogP contribution in [0.5, 0.6) is 11.5 Å². The highest BCUT2D eigenvalue weighted by Gasteiger charge is 2.25. The Bertz CT molecular complexity index is 818. The fourth-order valence-electron chi connectivity index (χ4n) is 3.29. The standard InChI is InChI=1S/C22H25NO5/c1-15(28-21(24)14-27-18-12-10-17(26-2)11-13-18)22(25)23-20-9-5-7-16-6-3-4-8-19(16)20/h3-4,6,8,10-13,15,20H,5,7,9,14H2,1-2H3,(H,23,25)/t15-,20-/m1/s1. The molecule has 3 rings (SSSR count). The number of benzene rings is 2. The number of methoxy groups -OCH3 is 1. The highest BCUT2D eigenvalue weighted by Crippen LogP contribution is 2.29. The van der Waals surface area contributed by atoms with E-state index in [1.165, 1.54) is 5.56 Å². The van der Waals surface area contributed by atoms with Crippen molar-refractivity contribution in [1.82, 2.24) is 5.32 Å². The van der Waals surface area contributed by atoms with Crippen molar-refractivity contribution in [2.45, 2.75) is 38.3 Å². The SMILES string of the molecule is COc1ccc(OCC(=O)O[C@H](C)C(=O)N[C@@H]2CCCc3ccccc32)cc1. The zero-order valence-electron chi connectivity index (χ0n) is 16.1. The van der Waals surface area contributed by atoms with Gasteiger partial charge in [0, 0.05) is 0 Å². The fraction of sp³-hybridized carbons (Fsp3) is 0.364. The molecule has 1 N–H and O–H groups in total. The Morgan fingerprint density at radius 3 is 2.57 bits per heavy atom. The van der Waals surface area contributed by atoms with Gasteiger partial charge in [0.15, 0.2) is 12.7 Å². The lowest BCUT2D eigenvalue weighted by Gasteiger charge is -2.27. The maximum Gasteiger partial charge on any atom is 0.344 e. The molecule has 0 heterocycles. The van der Waals surface area contributed by atoms with Crippen LogP contribution < -0.4 is 14.8 Å². The van der Waals surface area contributed by atoms with Crippen LogP contribution in [0.1, 0.15) is 36.9 Å². The first-order valence-corrected chi connectivity index (χ1v) is 9.41. The van der Waals surface area contributed by atoms with Gasteiger partial charge in [-0.3, -0.25) is 4.79 Å². The van der Waals surface area contributed by atoms with E-state index >= 15 is 0 Å². The average Bonchev–Trinajstić information content (AvgIpc) is 2.73. The van der Waals surface area contributed by atoms with E-state index in [2.05, 4.69) is 11.4 Å². The summed E-state index contributed by atoms with van der Waals surface area (Å²) in [7, 11) is 1.57. The second kappa shape index (κ2) is 9.26. The predicted octanol–water partition coefficient (Wildman–Crippen LogP) is 3.20. The molecule has 148 valence electrons. The van der Waals surface area contributed by atoms with E-state index < -0.39 is 12.1 Å². The third-order valence-corrected chi connectivity index (χ3v) is 4.78. The number of nitrogens with one attached hydrogen (secondary N) is 1. The third kappa shape index (κ3) is 5.03. The molecule has 0 aliphatic heterocycles. The summed E-state index contributed by atoms with van der Waals surface area (Å²) in [5, 5.41) is 3.00. The summed E-state index contributed by atoms with van der Waals surface area (Å²) in [5.41, 5.74) is 2.40. The van der Waals surface area contributed by atoms with Gasteiger partial charge >= 0.3 is 5.97 Å². The summed E-state index contributed by atoms with van der Waals surface area (Å²) in [6.45, 7) is 1.30. The van der Waals surface area contributed by atoms with Gasteiger partial charge in [-0.15, -0.1) is 0 Å². The molecule has 1 aliphatic rings. The predicted molar refractivity (Wildman–Crippen MR) is 104 cm³/mol. The van der Waals surface area contributed by atoms with Crippen molar-refractivity contribution in [2.24, 2.45) is 0 Å². The first-order chi connectivity index (χ1) is 13.6. The second-order valence-corrected chi connectivity index (χ2v) is 6.75. The van der Waals surface area contributed by atoms with Crippen LogP contribution in [0.3, 0.4) is 0 Å². The third-order valence-electron chi connectivity index (χ3n) is 4.78. The Labute approximate surface area is 164 Å². The summed E-state index contributed by atoms with van der Waals surface area (Å²) < 4.78 is 15.7. The van der Waals surface area contributed by atoms with Crippen LogP contribution >= 0.6 is 0 Å². The second-order valence-electron chi connectivity index (χ2n) is 6.75. The first kappa shape index (κ1) is 19.7. The summed E-state index contributed by atoms with van der Waals surface area (Å²) in [4.78, 5) is 24.5. The number of amides is 1. The first-order valence-electron chi connectivity index (χ1n) is 9.41. The molecule has 28 heavy (non-hydrogen) atoms. The van der Waals surface area contributed by atoms with E-state index in [-0.39, 0.29) is 18.6 Å². The minimum atomic E-state index is -0.888. The van der Waals surface area contributed by atoms with Crippen LogP contribution in [-0.2, 0) is 20.7 Å². The monoisotopic (exact) mass is 383 g/mol. The van der Waals surface area contributed by atoms with Gasteiger partial charge < -0.3 is 19.5 Å². The molecule has 0 saturated heterocycles. The molecular weight excluding hydrogens is 358 g/mol. The number of carbonyl (C=O) groups is 2. The van der Waals surface area contributed by atoms with E-state index in [1.807, 2.05) is 18.2 Å². The average molecular weight is 383 g/mol. The molecule has 0 spiro atoms. The van der Waals surface area contributed by atoms with Crippen LogP contribution in [-0.4, -0.2) is 31.7 Å². The molecule has 1 amide bonds. The van der Waals surface area contributed by atoms with Gasteiger partial charge in [-0.05, 0) is 61.6 Å². The van der Waals surface area contributed by atoms with Crippen molar-refractivity contribution in [3.05, 3.63) is 59.7 Å². The molecule has 0 bridgehead atoms. The molecule has 6 heteroatoms. The van der Waals surface area contributed by atoms with E-state index in [9.17, 15) is 9.59 Å². The number of hydrogen-bond donors (Lipinski definition) is 1. The van der Waals surface area contributed by atoms with Gasteiger partial charge in [-0.2, -0.15) is 0 Å². The van der Waals surface area contributed by atoms with Gasteiger partial charge in [0.05, 0.1) is 13.2 Å². The van der Waals surface area contributed by atoms with Crippen molar-refractivity contribution in [2.75, 3.05) is 13.7 Å². The Morgan fingerprint density at radius 1 is 1.11 bits per heavy atom.